The number of H-pyrrole nitrogens is 1. The molecule has 2 aromatic heterocycles. The number of hydrogen-bond acceptors (Lipinski definition) is 3. The van der Waals surface area contributed by atoms with Crippen LogP contribution in [0.25, 0.3) is 10.1 Å². The molecule has 1 aromatic carbocycles. The highest BCUT2D eigenvalue weighted by atomic mass is 32.1. The molecule has 110 valence electrons. The van der Waals surface area contributed by atoms with E-state index in [1.807, 2.05) is 17.5 Å². The number of aromatic amines is 1. The number of nitrogens with zero attached hydrogens (tertiary/aromatic N) is 1. The van der Waals surface area contributed by atoms with Gasteiger partial charge in [0.15, 0.2) is 0 Å². The highest BCUT2D eigenvalue weighted by molar-refractivity contribution is 7.19. The fourth-order valence-electron chi connectivity index (χ4n) is 2.54. The van der Waals surface area contributed by atoms with Crippen molar-refractivity contribution in [1.82, 2.24) is 15.5 Å². The molecule has 0 radical (unpaired) electrons. The molecule has 4 heteroatoms. The average Bonchev–Trinajstić information content (AvgIpc) is 3.09. The van der Waals surface area contributed by atoms with Gasteiger partial charge in [0.05, 0.1) is 6.20 Å². The van der Waals surface area contributed by atoms with Gasteiger partial charge in [-0.25, -0.2) is 0 Å². The lowest BCUT2D eigenvalue weighted by Gasteiger charge is -2.11. The molecule has 0 aliphatic heterocycles. The van der Waals surface area contributed by atoms with E-state index in [0.717, 1.165) is 19.4 Å². The van der Waals surface area contributed by atoms with Gasteiger partial charge < -0.3 is 5.32 Å². The van der Waals surface area contributed by atoms with Crippen LogP contribution in [0, 0.1) is 6.92 Å². The lowest BCUT2D eigenvalue weighted by atomic mass is 10.1. The van der Waals surface area contributed by atoms with E-state index >= 15 is 0 Å². The van der Waals surface area contributed by atoms with Crippen molar-refractivity contribution >= 4 is 21.4 Å². The third kappa shape index (κ3) is 3.34. The van der Waals surface area contributed by atoms with E-state index in [9.17, 15) is 0 Å². The second-order valence-electron chi connectivity index (χ2n) is 5.49. The maximum atomic E-state index is 4.06. The van der Waals surface area contributed by atoms with Gasteiger partial charge in [-0.3, -0.25) is 5.10 Å². The molecule has 3 nitrogen and oxygen atoms in total. The number of thiophene rings is 1. The molecule has 0 saturated carbocycles. The number of rotatable bonds is 6. The number of nitrogens with one attached hydrogen (secondary N) is 2. The smallest absolute Gasteiger partial charge is 0.0522 e. The number of aryl methyl sites for hydroxylation is 2. The fourth-order valence-corrected chi connectivity index (χ4v) is 3.63. The van der Waals surface area contributed by atoms with E-state index in [4.69, 9.17) is 0 Å². The lowest BCUT2D eigenvalue weighted by Crippen LogP contribution is -2.19. The van der Waals surface area contributed by atoms with Gasteiger partial charge in [-0.15, -0.1) is 11.3 Å². The second-order valence-corrected chi connectivity index (χ2v) is 6.60. The third-order valence-corrected chi connectivity index (χ3v) is 5.18. The minimum Gasteiger partial charge on any atom is -0.309 e. The van der Waals surface area contributed by atoms with Gasteiger partial charge in [0.2, 0.25) is 0 Å². The first-order chi connectivity index (χ1) is 10.2. The predicted octanol–water partition coefficient (Wildman–Crippen LogP) is 4.22. The fraction of sp³-hybridized carbons (Fsp3) is 0.353. The molecule has 2 heterocycles. The number of benzene rings is 1. The van der Waals surface area contributed by atoms with Gasteiger partial charge in [0.1, 0.15) is 0 Å². The molecule has 3 rings (SSSR count). The molecular formula is C17H21N3S. The Labute approximate surface area is 129 Å². The zero-order valence-corrected chi connectivity index (χ0v) is 13.3. The van der Waals surface area contributed by atoms with Gasteiger partial charge in [-0.2, -0.15) is 5.10 Å². The first-order valence-corrected chi connectivity index (χ1v) is 8.26. The van der Waals surface area contributed by atoms with Crippen LogP contribution >= 0.6 is 11.3 Å². The highest BCUT2D eigenvalue weighted by Crippen LogP contribution is 2.29. The molecule has 0 aliphatic rings. The topological polar surface area (TPSA) is 40.7 Å². The lowest BCUT2D eigenvalue weighted by molar-refractivity contribution is 0.565. The molecule has 0 fully saturated rings. The number of hydrogen-bond donors (Lipinski definition) is 2. The van der Waals surface area contributed by atoms with Crippen LogP contribution in [0.5, 0.6) is 0 Å². The molecule has 0 aliphatic carbocycles. The Kier molecular flexibility index (Phi) is 4.36. The second kappa shape index (κ2) is 6.41. The summed E-state index contributed by atoms with van der Waals surface area (Å²) < 4.78 is 1.37. The van der Waals surface area contributed by atoms with Crippen molar-refractivity contribution in [2.45, 2.75) is 32.7 Å². The number of fused-ring (bicyclic) bond motifs is 1. The summed E-state index contributed by atoms with van der Waals surface area (Å²) in [4.78, 5) is 1.41. The van der Waals surface area contributed by atoms with Gasteiger partial charge in [-0.1, -0.05) is 18.2 Å². The molecule has 1 atom stereocenters. The predicted molar refractivity (Wildman–Crippen MR) is 89.9 cm³/mol. The van der Waals surface area contributed by atoms with E-state index in [2.05, 4.69) is 59.7 Å². The van der Waals surface area contributed by atoms with Crippen LogP contribution in [0.4, 0.5) is 0 Å². The Morgan fingerprint density at radius 1 is 1.33 bits per heavy atom. The van der Waals surface area contributed by atoms with E-state index in [-0.39, 0.29) is 0 Å². The SMILES string of the molecule is Cc1[nH]ncc1CCCNC(C)c1cc2ccccc2s1. The molecule has 0 bridgehead atoms. The van der Waals surface area contributed by atoms with Crippen LogP contribution < -0.4 is 5.32 Å². The standard InChI is InChI=1S/C17H21N3S/c1-12-15(11-19-20-12)7-5-9-18-13(2)17-10-14-6-3-4-8-16(14)21-17/h3-4,6,8,10-11,13,18H,5,7,9H2,1-2H3,(H,19,20). The molecule has 2 N–H and O–H groups in total. The summed E-state index contributed by atoms with van der Waals surface area (Å²) in [6.07, 6.45) is 4.15. The minimum absolute atomic E-state index is 0.410. The van der Waals surface area contributed by atoms with Crippen molar-refractivity contribution < 1.29 is 0 Å². The first kappa shape index (κ1) is 14.3. The van der Waals surface area contributed by atoms with Crippen molar-refractivity contribution in [2.75, 3.05) is 6.54 Å². The van der Waals surface area contributed by atoms with Crippen molar-refractivity contribution in [3.05, 3.63) is 52.7 Å². The zero-order valence-electron chi connectivity index (χ0n) is 12.5. The Bertz CT molecular complexity index is 680. The van der Waals surface area contributed by atoms with Crippen molar-refractivity contribution in [2.24, 2.45) is 0 Å². The van der Waals surface area contributed by atoms with Crippen LogP contribution in [0.15, 0.2) is 36.5 Å². The molecule has 0 spiro atoms. The monoisotopic (exact) mass is 299 g/mol. The van der Waals surface area contributed by atoms with Crippen molar-refractivity contribution in [3.8, 4) is 0 Å². The Hall–Kier alpha value is -1.65. The van der Waals surface area contributed by atoms with Crippen LogP contribution in [0.3, 0.4) is 0 Å². The maximum Gasteiger partial charge on any atom is 0.0522 e. The highest BCUT2D eigenvalue weighted by Gasteiger charge is 2.09. The average molecular weight is 299 g/mol. The summed E-state index contributed by atoms with van der Waals surface area (Å²) in [7, 11) is 0. The Morgan fingerprint density at radius 2 is 2.19 bits per heavy atom. The normalized spacial score (nSPS) is 12.9. The zero-order chi connectivity index (χ0) is 14.7. The molecular weight excluding hydrogens is 278 g/mol. The van der Waals surface area contributed by atoms with E-state index in [1.54, 1.807) is 0 Å². The van der Waals surface area contributed by atoms with E-state index in [1.165, 1.54) is 26.2 Å². The maximum absolute atomic E-state index is 4.06. The molecule has 1 unspecified atom stereocenters. The summed E-state index contributed by atoms with van der Waals surface area (Å²) in [5.41, 5.74) is 2.51. The molecule has 0 amide bonds. The summed E-state index contributed by atoms with van der Waals surface area (Å²) in [6, 6.07) is 11.3. The minimum atomic E-state index is 0.410. The van der Waals surface area contributed by atoms with Crippen molar-refractivity contribution in [1.29, 1.82) is 0 Å². The molecule has 0 saturated heterocycles. The summed E-state index contributed by atoms with van der Waals surface area (Å²) in [5.74, 6) is 0. The summed E-state index contributed by atoms with van der Waals surface area (Å²) >= 11 is 1.89. The van der Waals surface area contributed by atoms with Gasteiger partial charge >= 0.3 is 0 Å². The van der Waals surface area contributed by atoms with Gasteiger partial charge in [-0.05, 0) is 56.3 Å². The van der Waals surface area contributed by atoms with Crippen LogP contribution in [0.1, 0.15) is 35.5 Å². The van der Waals surface area contributed by atoms with Crippen molar-refractivity contribution in [3.63, 3.8) is 0 Å². The van der Waals surface area contributed by atoms with Gasteiger partial charge in [0.25, 0.3) is 0 Å². The molecule has 21 heavy (non-hydrogen) atoms. The van der Waals surface area contributed by atoms with Gasteiger partial charge in [0, 0.05) is 21.3 Å². The van der Waals surface area contributed by atoms with E-state index in [0.29, 0.717) is 6.04 Å². The van der Waals surface area contributed by atoms with Crippen LogP contribution in [-0.4, -0.2) is 16.7 Å². The van der Waals surface area contributed by atoms with Crippen LogP contribution in [-0.2, 0) is 6.42 Å². The Balaban J connectivity index is 1.52. The van der Waals surface area contributed by atoms with E-state index < -0.39 is 0 Å². The largest absolute Gasteiger partial charge is 0.309 e. The third-order valence-electron chi connectivity index (χ3n) is 3.88. The quantitative estimate of drug-likeness (QED) is 0.669. The number of aromatic nitrogens is 2. The van der Waals surface area contributed by atoms with Crippen LogP contribution in [0.2, 0.25) is 0 Å². The summed E-state index contributed by atoms with van der Waals surface area (Å²) in [5, 5.41) is 12.0. The first-order valence-electron chi connectivity index (χ1n) is 7.45. The molecule has 3 aromatic rings. The summed E-state index contributed by atoms with van der Waals surface area (Å²) in [6.45, 7) is 5.35. The Morgan fingerprint density at radius 3 is 2.95 bits per heavy atom.